The van der Waals surface area contributed by atoms with E-state index in [9.17, 15) is 10.1 Å². The molecule has 30 heavy (non-hydrogen) atoms. The van der Waals surface area contributed by atoms with Crippen LogP contribution in [0.25, 0.3) is 11.1 Å². The Labute approximate surface area is 178 Å². The molecule has 0 bridgehead atoms. The minimum absolute atomic E-state index is 0.208. The number of hydrogen-bond donors (Lipinski definition) is 0. The molecule has 6 nitrogen and oxygen atoms in total. The van der Waals surface area contributed by atoms with Gasteiger partial charge in [-0.25, -0.2) is 0 Å². The van der Waals surface area contributed by atoms with E-state index in [0.717, 1.165) is 48.4 Å². The SMILES string of the molecule is CN1CCN(Cc2ccc(-c3ccc(COC4CCCC4)cc3)cc2[N+](=O)[O-])CC1. The first-order valence-electron chi connectivity index (χ1n) is 11.0. The number of ether oxygens (including phenoxy) is 1. The summed E-state index contributed by atoms with van der Waals surface area (Å²) in [5.74, 6) is 0. The van der Waals surface area contributed by atoms with Gasteiger partial charge < -0.3 is 9.64 Å². The molecule has 1 saturated heterocycles. The van der Waals surface area contributed by atoms with Gasteiger partial charge in [0.2, 0.25) is 0 Å². The molecule has 160 valence electrons. The molecule has 0 amide bonds. The molecule has 2 aromatic rings. The third-order valence-electron chi connectivity index (χ3n) is 6.35. The van der Waals surface area contributed by atoms with Crippen molar-refractivity contribution in [1.29, 1.82) is 0 Å². The van der Waals surface area contributed by atoms with Crippen LogP contribution in [0.3, 0.4) is 0 Å². The molecule has 1 saturated carbocycles. The van der Waals surface area contributed by atoms with Gasteiger partial charge in [0.05, 0.1) is 17.6 Å². The van der Waals surface area contributed by atoms with Crippen LogP contribution in [0.4, 0.5) is 5.69 Å². The summed E-state index contributed by atoms with van der Waals surface area (Å²) in [4.78, 5) is 16.1. The maximum absolute atomic E-state index is 11.7. The third kappa shape index (κ3) is 5.25. The van der Waals surface area contributed by atoms with E-state index in [-0.39, 0.29) is 10.6 Å². The zero-order valence-corrected chi connectivity index (χ0v) is 17.8. The molecule has 0 unspecified atom stereocenters. The Bertz CT molecular complexity index is 854. The van der Waals surface area contributed by atoms with Crippen molar-refractivity contribution in [2.45, 2.75) is 44.9 Å². The molecule has 6 heteroatoms. The van der Waals surface area contributed by atoms with Crippen LogP contribution in [0.5, 0.6) is 0 Å². The molecule has 4 rings (SSSR count). The Balaban J connectivity index is 1.44. The fourth-order valence-corrected chi connectivity index (χ4v) is 4.36. The molecule has 0 aromatic heterocycles. The zero-order valence-electron chi connectivity index (χ0n) is 17.8. The van der Waals surface area contributed by atoms with E-state index >= 15 is 0 Å². The highest BCUT2D eigenvalue weighted by atomic mass is 16.6. The van der Waals surface area contributed by atoms with Crippen molar-refractivity contribution in [2.75, 3.05) is 33.2 Å². The van der Waals surface area contributed by atoms with E-state index < -0.39 is 0 Å². The first-order valence-corrected chi connectivity index (χ1v) is 11.0. The predicted molar refractivity (Wildman–Crippen MR) is 118 cm³/mol. The van der Waals surface area contributed by atoms with Crippen molar-refractivity contribution >= 4 is 5.69 Å². The number of rotatable bonds is 7. The Morgan fingerprint density at radius 2 is 1.67 bits per heavy atom. The van der Waals surface area contributed by atoms with Crippen LogP contribution >= 0.6 is 0 Å². The van der Waals surface area contributed by atoms with Gasteiger partial charge in [-0.1, -0.05) is 49.2 Å². The fraction of sp³-hybridized carbons (Fsp3) is 0.500. The maximum Gasteiger partial charge on any atom is 0.274 e. The summed E-state index contributed by atoms with van der Waals surface area (Å²) < 4.78 is 5.98. The van der Waals surface area contributed by atoms with Crippen LogP contribution in [0.15, 0.2) is 42.5 Å². The molecule has 0 radical (unpaired) electrons. The minimum atomic E-state index is -0.251. The zero-order chi connectivity index (χ0) is 20.9. The van der Waals surface area contributed by atoms with E-state index in [0.29, 0.717) is 19.3 Å². The van der Waals surface area contributed by atoms with Crippen LogP contribution in [0, 0.1) is 10.1 Å². The maximum atomic E-state index is 11.7. The number of nitrogens with zero attached hydrogens (tertiary/aromatic N) is 3. The highest BCUT2D eigenvalue weighted by Crippen LogP contribution is 2.29. The van der Waals surface area contributed by atoms with E-state index in [4.69, 9.17) is 4.74 Å². The lowest BCUT2D eigenvalue weighted by atomic mass is 10.0. The van der Waals surface area contributed by atoms with Crippen LogP contribution in [-0.4, -0.2) is 54.1 Å². The van der Waals surface area contributed by atoms with Crippen LogP contribution < -0.4 is 0 Å². The lowest BCUT2D eigenvalue weighted by molar-refractivity contribution is -0.385. The second-order valence-corrected chi connectivity index (χ2v) is 8.59. The van der Waals surface area contributed by atoms with E-state index in [1.807, 2.05) is 24.3 Å². The van der Waals surface area contributed by atoms with Gasteiger partial charge in [-0.3, -0.25) is 15.0 Å². The van der Waals surface area contributed by atoms with Gasteiger partial charge in [0.1, 0.15) is 0 Å². The summed E-state index contributed by atoms with van der Waals surface area (Å²) in [6.07, 6.45) is 5.28. The number of nitro benzene ring substituents is 1. The Hall–Kier alpha value is -2.28. The van der Waals surface area contributed by atoms with Gasteiger partial charge in [-0.05, 0) is 36.6 Å². The normalized spacial score (nSPS) is 18.7. The topological polar surface area (TPSA) is 58.8 Å². The Morgan fingerprint density at radius 3 is 2.33 bits per heavy atom. The molecular weight excluding hydrogens is 378 g/mol. The Morgan fingerprint density at radius 1 is 1.00 bits per heavy atom. The molecule has 0 atom stereocenters. The van der Waals surface area contributed by atoms with Gasteiger partial charge >= 0.3 is 0 Å². The monoisotopic (exact) mass is 409 g/mol. The highest BCUT2D eigenvalue weighted by molar-refractivity contribution is 5.67. The molecule has 1 aliphatic heterocycles. The standard InChI is InChI=1S/C24H31N3O3/c1-25-12-14-26(15-13-25)17-22-11-10-21(16-24(22)27(28)29)20-8-6-19(7-9-20)18-30-23-4-2-3-5-23/h6-11,16,23H,2-5,12-15,17-18H2,1H3. The highest BCUT2D eigenvalue weighted by Gasteiger charge is 2.20. The predicted octanol–water partition coefficient (Wildman–Crippen LogP) is 4.47. The first kappa shape index (κ1) is 21.0. The summed E-state index contributed by atoms with van der Waals surface area (Å²) >= 11 is 0. The lowest BCUT2D eigenvalue weighted by Gasteiger charge is -2.32. The average molecular weight is 410 g/mol. The van der Waals surface area contributed by atoms with E-state index in [2.05, 4.69) is 29.0 Å². The van der Waals surface area contributed by atoms with Crippen molar-refractivity contribution in [3.8, 4) is 11.1 Å². The molecule has 2 aliphatic rings. The molecule has 2 fully saturated rings. The minimum Gasteiger partial charge on any atom is -0.374 e. The van der Waals surface area contributed by atoms with Crippen LogP contribution in [0.1, 0.15) is 36.8 Å². The molecule has 1 aliphatic carbocycles. The number of likely N-dealkylation sites (N-methyl/N-ethyl adjacent to an activating group) is 1. The van der Waals surface area contributed by atoms with E-state index in [1.165, 1.54) is 25.7 Å². The number of benzene rings is 2. The van der Waals surface area contributed by atoms with Crippen LogP contribution in [-0.2, 0) is 17.9 Å². The molecule has 0 N–H and O–H groups in total. The third-order valence-corrected chi connectivity index (χ3v) is 6.35. The first-order chi connectivity index (χ1) is 14.6. The summed E-state index contributed by atoms with van der Waals surface area (Å²) in [6, 6.07) is 13.8. The summed E-state index contributed by atoms with van der Waals surface area (Å²) in [6.45, 7) is 5.15. The quantitative estimate of drug-likeness (QED) is 0.499. The number of piperazine rings is 1. The molecule has 1 heterocycles. The van der Waals surface area contributed by atoms with Crippen molar-refractivity contribution in [3.05, 3.63) is 63.7 Å². The second kappa shape index (κ2) is 9.69. The average Bonchev–Trinajstić information content (AvgIpc) is 3.28. The van der Waals surface area contributed by atoms with Crippen molar-refractivity contribution in [3.63, 3.8) is 0 Å². The van der Waals surface area contributed by atoms with Crippen molar-refractivity contribution in [2.24, 2.45) is 0 Å². The van der Waals surface area contributed by atoms with Gasteiger partial charge in [-0.2, -0.15) is 0 Å². The fourth-order valence-electron chi connectivity index (χ4n) is 4.36. The summed E-state index contributed by atoms with van der Waals surface area (Å²) in [5, 5.41) is 11.7. The smallest absolute Gasteiger partial charge is 0.274 e. The number of hydrogen-bond acceptors (Lipinski definition) is 5. The van der Waals surface area contributed by atoms with E-state index in [1.54, 1.807) is 6.07 Å². The van der Waals surface area contributed by atoms with Gasteiger partial charge in [0.25, 0.3) is 5.69 Å². The summed E-state index contributed by atoms with van der Waals surface area (Å²) in [5.41, 5.74) is 4.02. The van der Waals surface area contributed by atoms with Gasteiger partial charge in [-0.15, -0.1) is 0 Å². The van der Waals surface area contributed by atoms with Crippen LogP contribution in [0.2, 0.25) is 0 Å². The summed E-state index contributed by atoms with van der Waals surface area (Å²) in [7, 11) is 2.11. The molecular formula is C24H31N3O3. The number of nitro groups is 1. The molecule has 0 spiro atoms. The Kier molecular flexibility index (Phi) is 6.77. The van der Waals surface area contributed by atoms with Crippen molar-refractivity contribution < 1.29 is 9.66 Å². The largest absolute Gasteiger partial charge is 0.374 e. The lowest BCUT2D eigenvalue weighted by Crippen LogP contribution is -2.43. The molecule has 2 aromatic carbocycles. The second-order valence-electron chi connectivity index (χ2n) is 8.59. The van der Waals surface area contributed by atoms with Gasteiger partial charge in [0.15, 0.2) is 0 Å². The van der Waals surface area contributed by atoms with Gasteiger partial charge in [0, 0.05) is 44.4 Å². The van der Waals surface area contributed by atoms with Crippen molar-refractivity contribution in [1.82, 2.24) is 9.80 Å².